The van der Waals surface area contributed by atoms with E-state index in [1.165, 1.54) is 11.3 Å². The van der Waals surface area contributed by atoms with E-state index in [1.54, 1.807) is 42.3 Å². The quantitative estimate of drug-likeness (QED) is 0.618. The van der Waals surface area contributed by atoms with Crippen LogP contribution in [0.2, 0.25) is 0 Å². The fourth-order valence-electron chi connectivity index (χ4n) is 2.49. The lowest BCUT2D eigenvalue weighted by molar-refractivity contribution is 0.0784. The lowest BCUT2D eigenvalue weighted by Gasteiger charge is -2.18. The summed E-state index contributed by atoms with van der Waals surface area (Å²) in [5, 5.41) is 4.68. The van der Waals surface area contributed by atoms with Gasteiger partial charge in [-0.3, -0.25) is 9.59 Å². The maximum Gasteiger partial charge on any atom is 0.265 e. The normalized spacial score (nSPS) is 10.4. The molecule has 0 atom stereocenters. The Morgan fingerprint density at radius 2 is 1.85 bits per heavy atom. The van der Waals surface area contributed by atoms with E-state index in [4.69, 9.17) is 0 Å². The van der Waals surface area contributed by atoms with Crippen LogP contribution in [0.25, 0.3) is 0 Å². The molecule has 0 spiro atoms. The summed E-state index contributed by atoms with van der Waals surface area (Å²) < 4.78 is 1.00. The molecule has 2 aromatic carbocycles. The number of carbonyl (C=O) groups excluding carboxylic acids is 2. The lowest BCUT2D eigenvalue weighted by atomic mass is 10.1. The Balaban J connectivity index is 1.69. The van der Waals surface area contributed by atoms with Gasteiger partial charge in [-0.2, -0.15) is 0 Å². The Kier molecular flexibility index (Phi) is 5.85. The summed E-state index contributed by atoms with van der Waals surface area (Å²) in [6.45, 7) is 0.512. The van der Waals surface area contributed by atoms with E-state index in [2.05, 4.69) is 21.2 Å². The Bertz CT molecular complexity index is 908. The van der Waals surface area contributed by atoms with Crippen LogP contribution in [-0.2, 0) is 6.54 Å². The largest absolute Gasteiger partial charge is 0.337 e. The van der Waals surface area contributed by atoms with E-state index in [0.717, 1.165) is 10.0 Å². The van der Waals surface area contributed by atoms with Gasteiger partial charge in [0.1, 0.15) is 0 Å². The molecule has 1 heterocycles. The minimum absolute atomic E-state index is 0.0971. The van der Waals surface area contributed by atoms with E-state index >= 15 is 0 Å². The van der Waals surface area contributed by atoms with Crippen LogP contribution in [0.15, 0.2) is 70.5 Å². The number of anilines is 1. The molecule has 0 radical (unpaired) electrons. The molecule has 0 saturated carbocycles. The Hall–Kier alpha value is -2.44. The molecule has 1 N–H and O–H groups in total. The zero-order valence-corrected chi connectivity index (χ0v) is 16.5. The molecule has 0 aliphatic carbocycles. The molecule has 0 saturated heterocycles. The van der Waals surface area contributed by atoms with Gasteiger partial charge >= 0.3 is 0 Å². The van der Waals surface area contributed by atoms with Gasteiger partial charge in [-0.15, -0.1) is 11.3 Å². The van der Waals surface area contributed by atoms with Crippen LogP contribution >= 0.6 is 27.3 Å². The fourth-order valence-corrected chi connectivity index (χ4v) is 3.37. The molecule has 0 bridgehead atoms. The predicted octanol–water partition coefficient (Wildman–Crippen LogP) is 5.04. The van der Waals surface area contributed by atoms with Crippen LogP contribution in [-0.4, -0.2) is 23.8 Å². The van der Waals surface area contributed by atoms with Crippen molar-refractivity contribution in [2.24, 2.45) is 0 Å². The van der Waals surface area contributed by atoms with Gasteiger partial charge in [-0.25, -0.2) is 0 Å². The topological polar surface area (TPSA) is 49.4 Å². The maximum atomic E-state index is 12.7. The van der Waals surface area contributed by atoms with Crippen molar-refractivity contribution in [3.8, 4) is 0 Å². The second-order valence-corrected chi connectivity index (χ2v) is 7.66. The summed E-state index contributed by atoms with van der Waals surface area (Å²) in [7, 11) is 1.77. The van der Waals surface area contributed by atoms with Gasteiger partial charge in [-0.05, 0) is 47.3 Å². The van der Waals surface area contributed by atoms with Gasteiger partial charge in [0.25, 0.3) is 11.8 Å². The highest BCUT2D eigenvalue weighted by molar-refractivity contribution is 9.10. The van der Waals surface area contributed by atoms with E-state index in [1.807, 2.05) is 35.7 Å². The summed E-state index contributed by atoms with van der Waals surface area (Å²) >= 11 is 4.78. The Morgan fingerprint density at radius 3 is 2.54 bits per heavy atom. The zero-order chi connectivity index (χ0) is 18.5. The Labute approximate surface area is 164 Å². The zero-order valence-electron chi connectivity index (χ0n) is 14.1. The van der Waals surface area contributed by atoms with Crippen molar-refractivity contribution in [3.63, 3.8) is 0 Å². The molecule has 0 aliphatic rings. The summed E-state index contributed by atoms with van der Waals surface area (Å²) in [4.78, 5) is 27.1. The fraction of sp³-hybridized carbons (Fsp3) is 0.100. The number of carbonyl (C=O) groups is 2. The maximum absolute atomic E-state index is 12.7. The van der Waals surface area contributed by atoms with Crippen LogP contribution in [0.4, 0.5) is 5.69 Å². The third-order valence-electron chi connectivity index (χ3n) is 3.79. The average molecular weight is 429 g/mol. The molecular formula is C20H17BrN2O2S. The van der Waals surface area contributed by atoms with E-state index < -0.39 is 0 Å². The summed E-state index contributed by atoms with van der Waals surface area (Å²) in [6.07, 6.45) is 0. The number of nitrogens with one attached hydrogen (secondary N) is 1. The highest BCUT2D eigenvalue weighted by atomic mass is 79.9. The number of rotatable bonds is 5. The number of hydrogen-bond donors (Lipinski definition) is 1. The first-order chi connectivity index (χ1) is 12.5. The minimum atomic E-state index is -0.173. The number of thiophene rings is 1. The first-order valence-corrected chi connectivity index (χ1v) is 9.65. The number of halogens is 1. The summed E-state index contributed by atoms with van der Waals surface area (Å²) in [5.74, 6) is -0.270. The predicted molar refractivity (Wildman–Crippen MR) is 109 cm³/mol. The number of nitrogens with zero attached hydrogens (tertiary/aromatic N) is 1. The lowest BCUT2D eigenvalue weighted by Crippen LogP contribution is -2.26. The van der Waals surface area contributed by atoms with Crippen molar-refractivity contribution in [3.05, 3.63) is 86.5 Å². The van der Waals surface area contributed by atoms with Crippen molar-refractivity contribution >= 4 is 44.8 Å². The number of amides is 2. The SMILES string of the molecule is CN(Cc1ccc(Br)cc1)C(=O)c1cccc(NC(=O)c2cccs2)c1. The monoisotopic (exact) mass is 428 g/mol. The molecule has 1 aromatic heterocycles. The summed E-state index contributed by atoms with van der Waals surface area (Å²) in [6, 6.07) is 18.5. The molecule has 6 heteroatoms. The molecule has 132 valence electrons. The van der Waals surface area contributed by atoms with Gasteiger partial charge in [-0.1, -0.05) is 40.2 Å². The van der Waals surface area contributed by atoms with E-state index in [0.29, 0.717) is 22.7 Å². The molecule has 3 rings (SSSR count). The molecule has 0 unspecified atom stereocenters. The van der Waals surface area contributed by atoms with Crippen molar-refractivity contribution < 1.29 is 9.59 Å². The Morgan fingerprint density at radius 1 is 1.08 bits per heavy atom. The molecule has 4 nitrogen and oxygen atoms in total. The van der Waals surface area contributed by atoms with Crippen molar-refractivity contribution in [1.29, 1.82) is 0 Å². The second-order valence-electron chi connectivity index (χ2n) is 5.80. The highest BCUT2D eigenvalue weighted by Crippen LogP contribution is 2.17. The summed E-state index contributed by atoms with van der Waals surface area (Å²) in [5.41, 5.74) is 2.19. The minimum Gasteiger partial charge on any atom is -0.337 e. The third-order valence-corrected chi connectivity index (χ3v) is 5.19. The second kappa shape index (κ2) is 8.29. The van der Waals surface area contributed by atoms with Gasteiger partial charge in [0, 0.05) is 29.3 Å². The molecular weight excluding hydrogens is 412 g/mol. The van der Waals surface area contributed by atoms with Crippen LogP contribution in [0, 0.1) is 0 Å². The van der Waals surface area contributed by atoms with Crippen LogP contribution in [0.1, 0.15) is 25.6 Å². The molecule has 0 aliphatic heterocycles. The van der Waals surface area contributed by atoms with Crippen LogP contribution < -0.4 is 5.32 Å². The molecule has 26 heavy (non-hydrogen) atoms. The molecule has 3 aromatic rings. The van der Waals surface area contributed by atoms with E-state index in [9.17, 15) is 9.59 Å². The number of hydrogen-bond acceptors (Lipinski definition) is 3. The first kappa shape index (κ1) is 18.4. The van der Waals surface area contributed by atoms with Gasteiger partial charge in [0.2, 0.25) is 0 Å². The van der Waals surface area contributed by atoms with Crippen LogP contribution in [0.5, 0.6) is 0 Å². The first-order valence-electron chi connectivity index (χ1n) is 7.98. The van der Waals surface area contributed by atoms with E-state index in [-0.39, 0.29) is 11.8 Å². The molecule has 2 amide bonds. The van der Waals surface area contributed by atoms with Crippen LogP contribution in [0.3, 0.4) is 0 Å². The smallest absolute Gasteiger partial charge is 0.265 e. The highest BCUT2D eigenvalue weighted by Gasteiger charge is 2.14. The van der Waals surface area contributed by atoms with Crippen molar-refractivity contribution in [2.75, 3.05) is 12.4 Å². The van der Waals surface area contributed by atoms with Gasteiger partial charge in [0.15, 0.2) is 0 Å². The van der Waals surface area contributed by atoms with Crippen molar-refractivity contribution in [2.45, 2.75) is 6.54 Å². The van der Waals surface area contributed by atoms with Crippen molar-refractivity contribution in [1.82, 2.24) is 4.90 Å². The van der Waals surface area contributed by atoms with Gasteiger partial charge in [0.05, 0.1) is 4.88 Å². The molecule has 0 fully saturated rings. The standard InChI is InChI=1S/C20H17BrN2O2S/c1-23(13-14-7-9-16(21)10-8-14)20(25)15-4-2-5-17(12-15)22-19(24)18-6-3-11-26-18/h2-12H,13H2,1H3,(H,22,24). The number of benzene rings is 2. The van der Waals surface area contributed by atoms with Gasteiger partial charge < -0.3 is 10.2 Å². The average Bonchev–Trinajstić information content (AvgIpc) is 3.18. The third kappa shape index (κ3) is 4.59.